The van der Waals surface area contributed by atoms with Crippen LogP contribution in [-0.4, -0.2) is 6.18 Å². The Hall–Kier alpha value is -0.620. The first-order chi connectivity index (χ1) is 5.43. The summed E-state index contributed by atoms with van der Waals surface area (Å²) < 4.78 is 48.3. The molecule has 0 saturated heterocycles. The molecule has 0 amide bonds. The van der Waals surface area contributed by atoms with Crippen molar-refractivity contribution in [3.05, 3.63) is 22.1 Å². The molecule has 6 heteroatoms. The van der Waals surface area contributed by atoms with Gasteiger partial charge in [-0.2, -0.15) is 17.6 Å². The molecule has 12 heavy (non-hydrogen) atoms. The zero-order chi connectivity index (χ0) is 9.35. The lowest BCUT2D eigenvalue weighted by molar-refractivity contribution is -0.149. The van der Waals surface area contributed by atoms with Crippen LogP contribution in [0.2, 0.25) is 0 Å². The number of alkyl halides is 3. The summed E-state index contributed by atoms with van der Waals surface area (Å²) in [7, 11) is 0. The molecule has 0 fully saturated rings. The highest BCUT2D eigenvalue weighted by atomic mass is 32.1. The van der Waals surface area contributed by atoms with Gasteiger partial charge in [0.1, 0.15) is 6.04 Å². The van der Waals surface area contributed by atoms with Crippen molar-refractivity contribution in [2.75, 3.05) is 0 Å². The maximum Gasteiger partial charge on any atom is 0.407 e. The first kappa shape index (κ1) is 9.47. The number of rotatable bonds is 1. The summed E-state index contributed by atoms with van der Waals surface area (Å²) >= 11 is 0.602. The molecular weight excluding hydrogens is 194 g/mol. The Morgan fingerprint density at radius 1 is 1.42 bits per heavy atom. The number of nitrogens with two attached hydrogens (primary N) is 1. The molecule has 1 nitrogen and oxygen atoms in total. The van der Waals surface area contributed by atoms with Gasteiger partial charge in [0.25, 0.3) is 0 Å². The van der Waals surface area contributed by atoms with Crippen LogP contribution in [0.5, 0.6) is 0 Å². The Kier molecular flexibility index (Phi) is 2.39. The van der Waals surface area contributed by atoms with Crippen LogP contribution in [-0.2, 0) is 0 Å². The third-order valence-corrected chi connectivity index (χ3v) is 2.05. The molecule has 0 spiro atoms. The molecule has 0 saturated carbocycles. The van der Waals surface area contributed by atoms with Gasteiger partial charge in [0.2, 0.25) is 0 Å². The van der Waals surface area contributed by atoms with E-state index < -0.39 is 22.9 Å². The maximum absolute atomic E-state index is 12.6. The van der Waals surface area contributed by atoms with Gasteiger partial charge in [-0.15, -0.1) is 11.3 Å². The van der Waals surface area contributed by atoms with E-state index in [0.717, 1.165) is 6.07 Å². The van der Waals surface area contributed by atoms with Crippen molar-refractivity contribution in [2.45, 2.75) is 12.2 Å². The van der Waals surface area contributed by atoms with Gasteiger partial charge in [0, 0.05) is 5.56 Å². The van der Waals surface area contributed by atoms with Crippen molar-refractivity contribution >= 4 is 11.3 Å². The maximum atomic E-state index is 12.6. The molecule has 0 aliphatic carbocycles. The number of thiophene rings is 1. The SMILES string of the molecule is N[C@H](c1ccsc1F)C(F)(F)F. The van der Waals surface area contributed by atoms with Crippen LogP contribution in [0.4, 0.5) is 17.6 Å². The Balaban J connectivity index is 2.92. The second kappa shape index (κ2) is 3.02. The van der Waals surface area contributed by atoms with Gasteiger partial charge >= 0.3 is 6.18 Å². The lowest BCUT2D eigenvalue weighted by atomic mass is 10.1. The third kappa shape index (κ3) is 1.75. The van der Waals surface area contributed by atoms with E-state index in [1.54, 1.807) is 0 Å². The summed E-state index contributed by atoms with van der Waals surface area (Å²) in [5.74, 6) is 0. The zero-order valence-corrected chi connectivity index (χ0v) is 6.55. The van der Waals surface area contributed by atoms with Crippen molar-refractivity contribution < 1.29 is 17.6 Å². The predicted molar refractivity (Wildman–Crippen MR) is 37.3 cm³/mol. The van der Waals surface area contributed by atoms with Crippen LogP contribution >= 0.6 is 11.3 Å². The first-order valence-corrected chi connectivity index (χ1v) is 3.86. The molecule has 1 aromatic heterocycles. The Bertz CT molecular complexity index is 267. The fourth-order valence-corrected chi connectivity index (χ4v) is 1.37. The summed E-state index contributed by atoms with van der Waals surface area (Å²) in [5.41, 5.74) is 4.27. The van der Waals surface area contributed by atoms with Crippen molar-refractivity contribution in [1.29, 1.82) is 0 Å². The van der Waals surface area contributed by atoms with Crippen LogP contribution < -0.4 is 5.73 Å². The molecule has 0 aromatic carbocycles. The molecule has 0 aliphatic heterocycles. The molecule has 0 unspecified atom stereocenters. The van der Waals surface area contributed by atoms with Gasteiger partial charge in [-0.1, -0.05) is 0 Å². The first-order valence-electron chi connectivity index (χ1n) is 2.98. The summed E-state index contributed by atoms with van der Waals surface area (Å²) in [5, 5.41) is 0.357. The molecule has 1 heterocycles. The Labute approximate surface area is 69.8 Å². The molecule has 1 atom stereocenters. The van der Waals surface area contributed by atoms with Crippen molar-refractivity contribution in [2.24, 2.45) is 5.73 Å². The van der Waals surface area contributed by atoms with Gasteiger partial charge in [-0.3, -0.25) is 0 Å². The van der Waals surface area contributed by atoms with E-state index in [0.29, 0.717) is 11.3 Å². The van der Waals surface area contributed by atoms with Crippen molar-refractivity contribution in [1.82, 2.24) is 0 Å². The van der Waals surface area contributed by atoms with Gasteiger partial charge in [-0.05, 0) is 11.4 Å². The second-order valence-electron chi connectivity index (χ2n) is 2.17. The predicted octanol–water partition coefficient (Wildman–Crippen LogP) is 2.45. The monoisotopic (exact) mass is 199 g/mol. The molecule has 1 rings (SSSR count). The van der Waals surface area contributed by atoms with Crippen LogP contribution in [0.1, 0.15) is 11.6 Å². The molecule has 0 bridgehead atoms. The minimum absolute atomic E-state index is 0.493. The quantitative estimate of drug-likeness (QED) is 0.691. The minimum Gasteiger partial charge on any atom is -0.316 e. The molecule has 0 aliphatic rings. The van der Waals surface area contributed by atoms with Crippen molar-refractivity contribution in [3.8, 4) is 0 Å². The van der Waals surface area contributed by atoms with Gasteiger partial charge < -0.3 is 5.73 Å². The molecule has 68 valence electrons. The average molecular weight is 199 g/mol. The van der Waals surface area contributed by atoms with E-state index in [1.165, 1.54) is 5.38 Å². The smallest absolute Gasteiger partial charge is 0.316 e. The molecule has 1 aromatic rings. The number of hydrogen-bond acceptors (Lipinski definition) is 2. The standard InChI is InChI=1S/C6H5F4NS/c7-5-3(1-2-12-5)4(11)6(8,9)10/h1-2,4H,11H2/t4-/m1/s1. The van der Waals surface area contributed by atoms with Gasteiger partial charge in [0.05, 0.1) is 0 Å². The summed E-state index contributed by atoms with van der Waals surface area (Å²) in [4.78, 5) is 0. The highest BCUT2D eigenvalue weighted by Crippen LogP contribution is 2.33. The normalized spacial score (nSPS) is 14.8. The fourth-order valence-electron chi connectivity index (χ4n) is 0.703. The Morgan fingerprint density at radius 3 is 2.33 bits per heavy atom. The summed E-state index contributed by atoms with van der Waals surface area (Å²) in [6.45, 7) is 0. The highest BCUT2D eigenvalue weighted by Gasteiger charge is 2.39. The summed E-state index contributed by atoms with van der Waals surface area (Å²) in [6, 6.07) is -1.18. The van der Waals surface area contributed by atoms with E-state index in [4.69, 9.17) is 5.73 Å². The molecule has 0 radical (unpaired) electrons. The summed E-state index contributed by atoms with van der Waals surface area (Å²) in [6.07, 6.45) is -4.58. The minimum atomic E-state index is -4.58. The van der Waals surface area contributed by atoms with E-state index in [-0.39, 0.29) is 0 Å². The largest absolute Gasteiger partial charge is 0.407 e. The van der Waals surface area contributed by atoms with E-state index in [9.17, 15) is 17.6 Å². The van der Waals surface area contributed by atoms with Gasteiger partial charge in [0.15, 0.2) is 5.13 Å². The topological polar surface area (TPSA) is 26.0 Å². The lowest BCUT2D eigenvalue weighted by Crippen LogP contribution is -2.28. The van der Waals surface area contributed by atoms with Crippen LogP contribution in [0.15, 0.2) is 11.4 Å². The number of halogens is 4. The van der Waals surface area contributed by atoms with Crippen LogP contribution in [0, 0.1) is 5.13 Å². The van der Waals surface area contributed by atoms with E-state index in [1.807, 2.05) is 0 Å². The fraction of sp³-hybridized carbons (Fsp3) is 0.333. The van der Waals surface area contributed by atoms with Crippen molar-refractivity contribution in [3.63, 3.8) is 0 Å². The Morgan fingerprint density at radius 2 is 2.00 bits per heavy atom. The number of hydrogen-bond donors (Lipinski definition) is 1. The van der Waals surface area contributed by atoms with E-state index >= 15 is 0 Å². The van der Waals surface area contributed by atoms with Crippen LogP contribution in [0.25, 0.3) is 0 Å². The average Bonchev–Trinajstić information content (AvgIpc) is 2.31. The van der Waals surface area contributed by atoms with Gasteiger partial charge in [-0.25, -0.2) is 0 Å². The third-order valence-electron chi connectivity index (χ3n) is 1.33. The second-order valence-corrected chi connectivity index (χ2v) is 3.04. The lowest BCUT2D eigenvalue weighted by Gasteiger charge is -2.13. The molecular formula is C6H5F4NS. The zero-order valence-electron chi connectivity index (χ0n) is 5.73. The molecule has 2 N–H and O–H groups in total. The van der Waals surface area contributed by atoms with Crippen LogP contribution in [0.3, 0.4) is 0 Å². The highest BCUT2D eigenvalue weighted by molar-refractivity contribution is 7.08. The van der Waals surface area contributed by atoms with E-state index in [2.05, 4.69) is 0 Å².